The molecule has 1 aromatic carbocycles. The van der Waals surface area contributed by atoms with Crippen molar-refractivity contribution in [2.24, 2.45) is 0 Å². The topological polar surface area (TPSA) is 87.7 Å². The fraction of sp³-hybridized carbons (Fsp3) is 0. The number of benzene rings is 1. The van der Waals surface area contributed by atoms with Gasteiger partial charge in [-0.25, -0.2) is 9.59 Å². The summed E-state index contributed by atoms with van der Waals surface area (Å²) in [6.45, 7) is 0. The molecule has 2 aromatic rings. The molecule has 2 rings (SSSR count). The molecule has 0 unspecified atom stereocenters. The van der Waals surface area contributed by atoms with Crippen LogP contribution < -0.4 is 0 Å². The highest BCUT2D eigenvalue weighted by atomic mass is 79.9. The van der Waals surface area contributed by atoms with Crippen molar-refractivity contribution in [2.45, 2.75) is 0 Å². The molecule has 0 amide bonds. The van der Waals surface area contributed by atoms with Gasteiger partial charge < -0.3 is 14.6 Å². The van der Waals surface area contributed by atoms with E-state index in [1.807, 2.05) is 12.1 Å². The van der Waals surface area contributed by atoms with Crippen LogP contribution in [0, 0.1) is 0 Å². The Bertz CT molecular complexity index is 682. The van der Waals surface area contributed by atoms with Crippen LogP contribution in [0.2, 0.25) is 0 Å². The molecule has 0 spiro atoms. The summed E-state index contributed by atoms with van der Waals surface area (Å²) in [7, 11) is 0. The Hall–Kier alpha value is -2.34. The fourth-order valence-corrected chi connectivity index (χ4v) is 1.88. The Labute approximate surface area is 122 Å². The molecular weight excluding hydrogens is 328 g/mol. The molecule has 5 nitrogen and oxygen atoms in total. The molecule has 0 aliphatic heterocycles. The minimum absolute atomic E-state index is 0.00202. The van der Waals surface area contributed by atoms with E-state index < -0.39 is 17.5 Å². The highest BCUT2D eigenvalue weighted by Crippen LogP contribution is 2.27. The largest absolute Gasteiger partial charge is 0.478 e. The second kappa shape index (κ2) is 5.75. The standard InChI is InChI=1S/C14H9BrO5/c15-9-3-1-8(2-4-9)11-5-6-12(20-11)10(14(18)19)7-13(16)17/h1-7H,(H,16,17)(H,18,19)/b10-7-. The van der Waals surface area contributed by atoms with Crippen molar-refractivity contribution in [3.05, 3.63) is 52.7 Å². The lowest BCUT2D eigenvalue weighted by molar-refractivity contribution is -0.133. The van der Waals surface area contributed by atoms with Gasteiger partial charge in [0.25, 0.3) is 0 Å². The number of hydrogen-bond acceptors (Lipinski definition) is 3. The summed E-state index contributed by atoms with van der Waals surface area (Å²) in [5, 5.41) is 17.7. The molecule has 0 radical (unpaired) electrons. The predicted molar refractivity (Wildman–Crippen MR) is 75.1 cm³/mol. The summed E-state index contributed by atoms with van der Waals surface area (Å²) >= 11 is 3.31. The monoisotopic (exact) mass is 336 g/mol. The van der Waals surface area contributed by atoms with Crippen LogP contribution in [0.5, 0.6) is 0 Å². The molecule has 0 aliphatic carbocycles. The maximum Gasteiger partial charge on any atom is 0.339 e. The quantitative estimate of drug-likeness (QED) is 0.836. The van der Waals surface area contributed by atoms with Crippen molar-refractivity contribution in [3.8, 4) is 11.3 Å². The van der Waals surface area contributed by atoms with Gasteiger partial charge in [-0.15, -0.1) is 0 Å². The lowest BCUT2D eigenvalue weighted by Crippen LogP contribution is -2.02. The second-order valence-corrected chi connectivity index (χ2v) is 4.79. The zero-order valence-corrected chi connectivity index (χ0v) is 11.6. The maximum absolute atomic E-state index is 11.0. The molecule has 1 heterocycles. The Morgan fingerprint density at radius 3 is 2.25 bits per heavy atom. The van der Waals surface area contributed by atoms with Crippen LogP contribution in [-0.4, -0.2) is 22.2 Å². The summed E-state index contributed by atoms with van der Waals surface area (Å²) < 4.78 is 6.31. The van der Waals surface area contributed by atoms with E-state index in [4.69, 9.17) is 14.6 Å². The Kier molecular flexibility index (Phi) is 4.05. The predicted octanol–water partition coefficient (Wildman–Crippen LogP) is 3.26. The number of carboxylic acid groups (broad SMARTS) is 2. The lowest BCUT2D eigenvalue weighted by Gasteiger charge is -1.99. The van der Waals surface area contributed by atoms with Crippen molar-refractivity contribution in [1.82, 2.24) is 0 Å². The van der Waals surface area contributed by atoms with Crippen molar-refractivity contribution in [2.75, 3.05) is 0 Å². The number of furan rings is 1. The van der Waals surface area contributed by atoms with Gasteiger partial charge in [0.1, 0.15) is 17.1 Å². The van der Waals surface area contributed by atoms with Crippen molar-refractivity contribution >= 4 is 33.4 Å². The zero-order chi connectivity index (χ0) is 14.7. The van der Waals surface area contributed by atoms with E-state index in [9.17, 15) is 9.59 Å². The third-order valence-electron chi connectivity index (χ3n) is 2.50. The molecule has 0 bridgehead atoms. The summed E-state index contributed by atoms with van der Waals surface area (Å²) in [4.78, 5) is 21.6. The second-order valence-electron chi connectivity index (χ2n) is 3.87. The van der Waals surface area contributed by atoms with Gasteiger partial charge in [-0.1, -0.05) is 28.1 Å². The summed E-state index contributed by atoms with van der Waals surface area (Å²) in [6, 6.07) is 10.3. The summed E-state index contributed by atoms with van der Waals surface area (Å²) in [5.74, 6) is -2.24. The highest BCUT2D eigenvalue weighted by molar-refractivity contribution is 9.10. The van der Waals surface area contributed by atoms with Gasteiger partial charge in [0.05, 0.1) is 0 Å². The van der Waals surface area contributed by atoms with Gasteiger partial charge in [0.15, 0.2) is 0 Å². The first-order chi connectivity index (χ1) is 9.47. The Morgan fingerprint density at radius 1 is 1.05 bits per heavy atom. The van der Waals surface area contributed by atoms with Crippen LogP contribution in [-0.2, 0) is 9.59 Å². The van der Waals surface area contributed by atoms with Crippen LogP contribution >= 0.6 is 15.9 Å². The number of halogens is 1. The first-order valence-electron chi connectivity index (χ1n) is 5.51. The van der Waals surface area contributed by atoms with Crippen LogP contribution in [0.4, 0.5) is 0 Å². The molecule has 0 saturated carbocycles. The summed E-state index contributed by atoms with van der Waals surface area (Å²) in [6.07, 6.45) is 0.604. The first-order valence-corrected chi connectivity index (χ1v) is 6.31. The van der Waals surface area contributed by atoms with Gasteiger partial charge in [-0.05, 0) is 24.3 Å². The van der Waals surface area contributed by atoms with Crippen molar-refractivity contribution < 1.29 is 24.2 Å². The van der Waals surface area contributed by atoms with E-state index >= 15 is 0 Å². The van der Waals surface area contributed by atoms with E-state index in [0.717, 1.165) is 10.0 Å². The van der Waals surface area contributed by atoms with Crippen LogP contribution in [0.25, 0.3) is 16.9 Å². The van der Waals surface area contributed by atoms with E-state index in [-0.39, 0.29) is 5.76 Å². The number of carboxylic acids is 2. The number of aliphatic carboxylic acids is 2. The number of rotatable bonds is 4. The maximum atomic E-state index is 11.0. The first kappa shape index (κ1) is 14.1. The average molecular weight is 337 g/mol. The van der Waals surface area contributed by atoms with Crippen LogP contribution in [0.1, 0.15) is 5.76 Å². The SMILES string of the molecule is O=C(O)/C=C(\C(=O)O)c1ccc(-c2ccc(Br)cc2)o1. The van der Waals surface area contributed by atoms with Gasteiger partial charge in [0.2, 0.25) is 0 Å². The van der Waals surface area contributed by atoms with E-state index in [1.54, 1.807) is 18.2 Å². The van der Waals surface area contributed by atoms with E-state index in [0.29, 0.717) is 11.8 Å². The molecule has 20 heavy (non-hydrogen) atoms. The van der Waals surface area contributed by atoms with Crippen molar-refractivity contribution in [1.29, 1.82) is 0 Å². The van der Waals surface area contributed by atoms with Gasteiger partial charge in [-0.3, -0.25) is 0 Å². The van der Waals surface area contributed by atoms with Crippen molar-refractivity contribution in [3.63, 3.8) is 0 Å². The lowest BCUT2D eigenvalue weighted by atomic mass is 10.2. The van der Waals surface area contributed by atoms with Gasteiger partial charge >= 0.3 is 11.9 Å². The molecule has 1 aromatic heterocycles. The van der Waals surface area contributed by atoms with Crippen LogP contribution in [0.15, 0.2) is 51.4 Å². The molecule has 0 fully saturated rings. The molecule has 102 valence electrons. The molecule has 6 heteroatoms. The Balaban J connectivity index is 2.39. The molecule has 2 N–H and O–H groups in total. The zero-order valence-electron chi connectivity index (χ0n) is 10.0. The molecule has 0 atom stereocenters. The van der Waals surface area contributed by atoms with Gasteiger partial charge in [-0.2, -0.15) is 0 Å². The fourth-order valence-electron chi connectivity index (χ4n) is 1.61. The number of carbonyl (C=O) groups is 2. The molecular formula is C14H9BrO5. The normalized spacial score (nSPS) is 11.3. The Morgan fingerprint density at radius 2 is 1.70 bits per heavy atom. The molecule has 0 saturated heterocycles. The number of hydrogen-bond donors (Lipinski definition) is 2. The molecule has 0 aliphatic rings. The third kappa shape index (κ3) is 3.16. The minimum Gasteiger partial charge on any atom is -0.478 e. The third-order valence-corrected chi connectivity index (χ3v) is 3.03. The van der Waals surface area contributed by atoms with E-state index in [2.05, 4.69) is 15.9 Å². The summed E-state index contributed by atoms with van der Waals surface area (Å²) in [5.41, 5.74) is 0.361. The highest BCUT2D eigenvalue weighted by Gasteiger charge is 2.17. The van der Waals surface area contributed by atoms with Crippen LogP contribution in [0.3, 0.4) is 0 Å². The van der Waals surface area contributed by atoms with Gasteiger partial charge in [0, 0.05) is 16.1 Å². The van der Waals surface area contributed by atoms with E-state index in [1.165, 1.54) is 6.07 Å². The average Bonchev–Trinajstić information content (AvgIpc) is 2.85. The smallest absolute Gasteiger partial charge is 0.339 e. The minimum atomic E-state index is -1.36.